The number of anilines is 2. The van der Waals surface area contributed by atoms with Gasteiger partial charge in [0.25, 0.3) is 5.91 Å². The summed E-state index contributed by atoms with van der Waals surface area (Å²) in [5.74, 6) is -1.30. The monoisotopic (exact) mass is 638 g/mol. The van der Waals surface area contributed by atoms with E-state index < -0.39 is 23.5 Å². The van der Waals surface area contributed by atoms with Gasteiger partial charge in [0.05, 0.1) is 11.3 Å². The lowest BCUT2D eigenvalue weighted by Gasteiger charge is -2.41. The number of piperidine rings is 1. The Balaban J connectivity index is 1.04. The molecule has 46 heavy (non-hydrogen) atoms. The number of alkyl halides is 3. The van der Waals surface area contributed by atoms with Crippen molar-refractivity contribution in [2.45, 2.75) is 64.6 Å². The number of nitrogens with one attached hydrogen (secondary N) is 1. The fourth-order valence-electron chi connectivity index (χ4n) is 5.70. The summed E-state index contributed by atoms with van der Waals surface area (Å²) >= 11 is 0. The highest BCUT2D eigenvalue weighted by molar-refractivity contribution is 5.97. The number of aromatic nitrogens is 3. The van der Waals surface area contributed by atoms with Crippen LogP contribution < -0.4 is 11.1 Å². The predicted molar refractivity (Wildman–Crippen MR) is 155 cm³/mol. The molecule has 5 heterocycles. The van der Waals surface area contributed by atoms with Gasteiger partial charge in [0, 0.05) is 60.9 Å². The molecule has 6 rings (SSSR count). The highest BCUT2D eigenvalue weighted by Gasteiger charge is 2.35. The quantitative estimate of drug-likeness (QED) is 0.277. The van der Waals surface area contributed by atoms with E-state index in [1.54, 1.807) is 17.2 Å². The molecule has 0 saturated carbocycles. The number of pyridine rings is 1. The van der Waals surface area contributed by atoms with E-state index in [0.29, 0.717) is 36.8 Å². The van der Waals surface area contributed by atoms with Crippen molar-refractivity contribution < 1.29 is 36.3 Å². The molecule has 2 aliphatic heterocycles. The summed E-state index contributed by atoms with van der Waals surface area (Å²) in [5.41, 5.74) is 1.79. The molecule has 2 aliphatic rings. The number of likely N-dealkylation sites (tertiary alicyclic amines) is 1. The maximum absolute atomic E-state index is 13.5. The molecule has 0 aliphatic carbocycles. The van der Waals surface area contributed by atoms with E-state index in [1.165, 1.54) is 31.3 Å². The minimum atomic E-state index is -4.41. The van der Waals surface area contributed by atoms with Crippen LogP contribution in [0.2, 0.25) is 0 Å². The smallest absolute Gasteiger partial charge is 0.453 e. The molecular weight excluding hydrogens is 609 g/mol. The van der Waals surface area contributed by atoms with Gasteiger partial charge in [-0.3, -0.25) is 9.69 Å². The molecule has 4 aromatic rings. The van der Waals surface area contributed by atoms with Crippen LogP contribution in [-0.4, -0.2) is 55.3 Å². The molecular formula is C31H29F3N6O6. The molecule has 1 fully saturated rings. The number of halogens is 3. The first-order valence-electron chi connectivity index (χ1n) is 14.5. The van der Waals surface area contributed by atoms with E-state index in [0.717, 1.165) is 36.2 Å². The Morgan fingerprint density at radius 2 is 1.89 bits per heavy atom. The molecule has 0 spiro atoms. The number of aryl methyl sites for hydroxylation is 1. The third-order valence-corrected chi connectivity index (χ3v) is 8.16. The summed E-state index contributed by atoms with van der Waals surface area (Å²) in [5, 5.41) is 2.97. The first-order chi connectivity index (χ1) is 21.9. The van der Waals surface area contributed by atoms with E-state index in [2.05, 4.69) is 25.2 Å². The highest BCUT2D eigenvalue weighted by Crippen LogP contribution is 2.32. The topological polar surface area (TPSA) is 144 Å². The van der Waals surface area contributed by atoms with Gasteiger partial charge < -0.3 is 23.8 Å². The fraction of sp³-hybridized carbons (Fsp3) is 0.355. The lowest BCUT2D eigenvalue weighted by molar-refractivity contribution is -0.137. The van der Waals surface area contributed by atoms with Gasteiger partial charge in [-0.05, 0) is 63.1 Å². The molecule has 3 aromatic heterocycles. The standard InChI is InChI=1S/C31H29F3N6O6/c1-17-11-23(39-14-20-13-36-29(38-25(20)15-39)37-22-5-3-21(4-6-22)31(32,33)34)8-10-40(17)27(41)19-7-9-35-24(12-19)28(42)44-16-26-18(2)45-30(43)46-26/h3-7,9,12-13,17,23H,8,10-11,14-16H2,1-2H3,(H,36,37,38)/t17-,23-/m1/s1. The predicted octanol–water partition coefficient (Wildman–Crippen LogP) is 4.85. The van der Waals surface area contributed by atoms with Crippen molar-refractivity contribution in [3.63, 3.8) is 0 Å². The van der Waals surface area contributed by atoms with E-state index in [1.807, 2.05) is 6.92 Å². The minimum Gasteiger partial charge on any atom is -0.453 e. The number of carbonyl (C=O) groups excluding carboxylic acids is 2. The minimum absolute atomic E-state index is 0.0556. The number of hydrogen-bond acceptors (Lipinski definition) is 11. The number of fused-ring (bicyclic) bond motifs is 1. The van der Waals surface area contributed by atoms with Crippen LogP contribution in [0.1, 0.15) is 69.0 Å². The maximum Gasteiger partial charge on any atom is 0.519 e. The number of hydrogen-bond donors (Lipinski definition) is 1. The first kappa shape index (κ1) is 31.0. The number of nitrogens with zero attached hydrogens (tertiary/aromatic N) is 5. The van der Waals surface area contributed by atoms with Crippen molar-refractivity contribution in [2.75, 3.05) is 11.9 Å². The summed E-state index contributed by atoms with van der Waals surface area (Å²) in [7, 11) is 0. The number of amides is 1. The molecule has 0 radical (unpaired) electrons. The summed E-state index contributed by atoms with van der Waals surface area (Å²) in [6.45, 7) is 4.92. The Morgan fingerprint density at radius 1 is 1.11 bits per heavy atom. The molecule has 0 unspecified atom stereocenters. The lowest BCUT2D eigenvalue weighted by atomic mass is 9.96. The Labute approximate surface area is 260 Å². The van der Waals surface area contributed by atoms with Crippen LogP contribution in [-0.2, 0) is 30.6 Å². The van der Waals surface area contributed by atoms with Crippen molar-refractivity contribution in [2.24, 2.45) is 0 Å². The van der Waals surface area contributed by atoms with Gasteiger partial charge >= 0.3 is 18.0 Å². The Bertz CT molecular complexity index is 1820. The van der Waals surface area contributed by atoms with Crippen molar-refractivity contribution >= 4 is 23.5 Å². The van der Waals surface area contributed by atoms with Crippen LogP contribution in [0.25, 0.3) is 0 Å². The van der Waals surface area contributed by atoms with E-state index in [9.17, 15) is 27.6 Å². The van der Waals surface area contributed by atoms with Gasteiger partial charge in [0.1, 0.15) is 5.69 Å². The third-order valence-electron chi connectivity index (χ3n) is 8.16. The molecule has 240 valence electrons. The second kappa shape index (κ2) is 12.4. The van der Waals surface area contributed by atoms with E-state index in [-0.39, 0.29) is 41.8 Å². The Hall–Kier alpha value is -5.05. The largest absolute Gasteiger partial charge is 0.519 e. The van der Waals surface area contributed by atoms with Crippen molar-refractivity contribution in [3.8, 4) is 0 Å². The average Bonchev–Trinajstić information content (AvgIpc) is 3.60. The summed E-state index contributed by atoms with van der Waals surface area (Å²) in [6, 6.07) is 7.72. The highest BCUT2D eigenvalue weighted by atomic mass is 19.4. The van der Waals surface area contributed by atoms with E-state index in [4.69, 9.17) is 13.6 Å². The molecule has 12 nitrogen and oxygen atoms in total. The Kier molecular flexibility index (Phi) is 8.34. The summed E-state index contributed by atoms with van der Waals surface area (Å²) in [6.07, 6.45) is 0.140. The fourth-order valence-corrected chi connectivity index (χ4v) is 5.70. The van der Waals surface area contributed by atoms with Crippen molar-refractivity contribution in [3.05, 3.63) is 99.0 Å². The third kappa shape index (κ3) is 6.63. The van der Waals surface area contributed by atoms with Crippen LogP contribution in [0, 0.1) is 6.92 Å². The van der Waals surface area contributed by atoms with Crippen LogP contribution in [0.4, 0.5) is 24.8 Å². The molecule has 1 amide bonds. The van der Waals surface area contributed by atoms with Gasteiger partial charge in [0.15, 0.2) is 18.1 Å². The number of carbonyl (C=O) groups is 2. The Morgan fingerprint density at radius 3 is 2.59 bits per heavy atom. The van der Waals surface area contributed by atoms with Gasteiger partial charge in [0.2, 0.25) is 5.95 Å². The van der Waals surface area contributed by atoms with Crippen LogP contribution in [0.3, 0.4) is 0 Å². The molecule has 2 atom stereocenters. The summed E-state index contributed by atoms with van der Waals surface area (Å²) in [4.78, 5) is 54.3. The van der Waals surface area contributed by atoms with Crippen LogP contribution in [0.5, 0.6) is 0 Å². The van der Waals surface area contributed by atoms with Gasteiger partial charge in [-0.25, -0.2) is 24.5 Å². The van der Waals surface area contributed by atoms with Crippen LogP contribution >= 0.6 is 0 Å². The molecule has 15 heteroatoms. The maximum atomic E-state index is 13.5. The number of esters is 1. The SMILES string of the molecule is Cc1oc(=O)oc1COC(=O)c1cc(C(=O)N2CC[C@@H](N3Cc4cnc(Nc5ccc(C(F)(F)F)cc5)nc4C3)C[C@H]2C)ccn1. The zero-order chi connectivity index (χ0) is 32.6. The summed E-state index contributed by atoms with van der Waals surface area (Å²) < 4.78 is 53.4. The average molecular weight is 639 g/mol. The molecule has 1 saturated heterocycles. The second-order valence-corrected chi connectivity index (χ2v) is 11.2. The molecule has 0 bridgehead atoms. The van der Waals surface area contributed by atoms with Crippen molar-refractivity contribution in [1.82, 2.24) is 24.8 Å². The van der Waals surface area contributed by atoms with Crippen molar-refractivity contribution in [1.29, 1.82) is 0 Å². The molecule has 1 N–H and O–H groups in total. The zero-order valence-corrected chi connectivity index (χ0v) is 24.8. The van der Waals surface area contributed by atoms with Crippen LogP contribution in [0.15, 0.2) is 62.4 Å². The zero-order valence-electron chi connectivity index (χ0n) is 24.8. The van der Waals surface area contributed by atoms with Gasteiger partial charge in [-0.2, -0.15) is 13.2 Å². The number of ether oxygens (including phenoxy) is 1. The first-order valence-corrected chi connectivity index (χ1v) is 14.5. The second-order valence-electron chi connectivity index (χ2n) is 11.2. The number of benzene rings is 1. The van der Waals surface area contributed by atoms with E-state index >= 15 is 0 Å². The lowest BCUT2D eigenvalue weighted by Crippen LogP contribution is -2.50. The van der Waals surface area contributed by atoms with Gasteiger partial charge in [-0.15, -0.1) is 0 Å². The molecule has 1 aromatic carbocycles. The number of rotatable bonds is 7. The normalized spacial score (nSPS) is 18.3. The van der Waals surface area contributed by atoms with Gasteiger partial charge in [-0.1, -0.05) is 0 Å².